The number of carbonyl (C=O) groups excluding carboxylic acids is 1. The highest BCUT2D eigenvalue weighted by atomic mass is 32.1. The van der Waals surface area contributed by atoms with Crippen LogP contribution in [-0.4, -0.2) is 24.4 Å². The lowest BCUT2D eigenvalue weighted by Gasteiger charge is -2.17. The zero-order valence-electron chi connectivity index (χ0n) is 9.98. The molecular weight excluding hydrogens is 220 g/mol. The highest BCUT2D eigenvalue weighted by Gasteiger charge is 2.10. The monoisotopic (exact) mass is 240 g/mol. The summed E-state index contributed by atoms with van der Waals surface area (Å²) >= 11 is 1.66. The third-order valence-electron chi connectivity index (χ3n) is 2.68. The van der Waals surface area contributed by atoms with E-state index < -0.39 is 0 Å². The van der Waals surface area contributed by atoms with E-state index in [0.717, 1.165) is 6.42 Å². The first-order valence-corrected chi connectivity index (χ1v) is 6.53. The third-order valence-corrected chi connectivity index (χ3v) is 3.41. The Balaban J connectivity index is 2.31. The van der Waals surface area contributed by atoms with Crippen LogP contribution in [0.1, 0.15) is 25.3 Å². The number of thiophene rings is 1. The molecule has 0 fully saturated rings. The Kier molecular flexibility index (Phi) is 5.49. The summed E-state index contributed by atoms with van der Waals surface area (Å²) in [6.45, 7) is 3.44. The van der Waals surface area contributed by atoms with Crippen LogP contribution in [0.2, 0.25) is 0 Å². The lowest BCUT2D eigenvalue weighted by atomic mass is 10.1. The van der Waals surface area contributed by atoms with Crippen LogP contribution in [0.3, 0.4) is 0 Å². The number of hydrogen-bond donors (Lipinski definition) is 1. The van der Waals surface area contributed by atoms with Gasteiger partial charge in [-0.05, 0) is 41.3 Å². The maximum atomic E-state index is 11.8. The lowest BCUT2D eigenvalue weighted by molar-refractivity contribution is -0.130. The van der Waals surface area contributed by atoms with E-state index in [-0.39, 0.29) is 5.91 Å². The maximum absolute atomic E-state index is 11.8. The molecule has 1 unspecified atom stereocenters. The van der Waals surface area contributed by atoms with E-state index in [9.17, 15) is 4.79 Å². The molecule has 90 valence electrons. The molecule has 16 heavy (non-hydrogen) atoms. The van der Waals surface area contributed by atoms with Crippen LogP contribution >= 0.6 is 11.3 Å². The van der Waals surface area contributed by atoms with Crippen molar-refractivity contribution in [3.05, 3.63) is 22.4 Å². The van der Waals surface area contributed by atoms with Crippen molar-refractivity contribution in [2.24, 2.45) is 11.7 Å². The number of hydrogen-bond acceptors (Lipinski definition) is 3. The van der Waals surface area contributed by atoms with Gasteiger partial charge in [0.2, 0.25) is 5.91 Å². The fourth-order valence-corrected chi connectivity index (χ4v) is 2.08. The van der Waals surface area contributed by atoms with Gasteiger partial charge in [0, 0.05) is 20.0 Å². The lowest BCUT2D eigenvalue weighted by Crippen LogP contribution is -2.26. The molecule has 1 aromatic heterocycles. The minimum atomic E-state index is 0.200. The average Bonchev–Trinajstić information content (AvgIpc) is 2.77. The second kappa shape index (κ2) is 6.66. The topological polar surface area (TPSA) is 46.3 Å². The van der Waals surface area contributed by atoms with Crippen molar-refractivity contribution in [2.45, 2.75) is 26.3 Å². The van der Waals surface area contributed by atoms with E-state index in [4.69, 9.17) is 5.73 Å². The highest BCUT2D eigenvalue weighted by Crippen LogP contribution is 2.11. The number of nitrogens with two attached hydrogens (primary N) is 1. The highest BCUT2D eigenvalue weighted by molar-refractivity contribution is 7.07. The Bertz CT molecular complexity index is 311. The van der Waals surface area contributed by atoms with Crippen molar-refractivity contribution < 1.29 is 4.79 Å². The standard InChI is InChI=1S/C12H20N2OS/c1-10(7-13)3-4-12(15)14(2)8-11-5-6-16-9-11/h5-6,9-10H,3-4,7-8,13H2,1-2H3. The summed E-state index contributed by atoms with van der Waals surface area (Å²) in [6, 6.07) is 2.05. The average molecular weight is 240 g/mol. The second-order valence-corrected chi connectivity index (χ2v) is 5.04. The van der Waals surface area contributed by atoms with Gasteiger partial charge in [-0.3, -0.25) is 4.79 Å². The van der Waals surface area contributed by atoms with Gasteiger partial charge in [0.25, 0.3) is 0 Å². The summed E-state index contributed by atoms with van der Waals surface area (Å²) in [7, 11) is 1.85. The molecule has 0 aliphatic carbocycles. The smallest absolute Gasteiger partial charge is 0.222 e. The summed E-state index contributed by atoms with van der Waals surface area (Å²) in [4.78, 5) is 13.6. The molecule has 0 saturated carbocycles. The molecule has 1 heterocycles. The summed E-state index contributed by atoms with van der Waals surface area (Å²) in [5.41, 5.74) is 6.72. The Morgan fingerprint density at radius 2 is 2.38 bits per heavy atom. The van der Waals surface area contributed by atoms with Gasteiger partial charge in [0.15, 0.2) is 0 Å². The number of amides is 1. The van der Waals surface area contributed by atoms with E-state index in [2.05, 4.69) is 18.4 Å². The van der Waals surface area contributed by atoms with E-state index in [1.54, 1.807) is 16.2 Å². The van der Waals surface area contributed by atoms with Crippen LogP contribution in [0.15, 0.2) is 16.8 Å². The molecule has 1 amide bonds. The molecule has 1 rings (SSSR count). The van der Waals surface area contributed by atoms with E-state index in [1.165, 1.54) is 5.56 Å². The van der Waals surface area contributed by atoms with Gasteiger partial charge in [-0.2, -0.15) is 11.3 Å². The first-order chi connectivity index (χ1) is 7.63. The quantitative estimate of drug-likeness (QED) is 0.827. The molecule has 3 nitrogen and oxygen atoms in total. The zero-order valence-corrected chi connectivity index (χ0v) is 10.8. The molecule has 0 aliphatic rings. The van der Waals surface area contributed by atoms with Gasteiger partial charge in [-0.1, -0.05) is 6.92 Å². The van der Waals surface area contributed by atoms with Crippen LogP contribution in [0, 0.1) is 5.92 Å². The summed E-state index contributed by atoms with van der Waals surface area (Å²) in [5, 5.41) is 4.11. The van der Waals surface area contributed by atoms with Crippen molar-refractivity contribution in [1.82, 2.24) is 4.90 Å². The maximum Gasteiger partial charge on any atom is 0.222 e. The molecule has 0 bridgehead atoms. The normalized spacial score (nSPS) is 12.4. The first-order valence-electron chi connectivity index (χ1n) is 5.58. The van der Waals surface area contributed by atoms with Crippen LogP contribution in [0.5, 0.6) is 0 Å². The first kappa shape index (κ1) is 13.2. The van der Waals surface area contributed by atoms with E-state index >= 15 is 0 Å². The predicted molar refractivity (Wildman–Crippen MR) is 68.2 cm³/mol. The van der Waals surface area contributed by atoms with Crippen LogP contribution < -0.4 is 5.73 Å². The van der Waals surface area contributed by atoms with Crippen LogP contribution in [-0.2, 0) is 11.3 Å². The molecule has 0 aromatic carbocycles. The fourth-order valence-electron chi connectivity index (χ4n) is 1.42. The molecule has 0 saturated heterocycles. The van der Waals surface area contributed by atoms with Gasteiger partial charge < -0.3 is 10.6 Å². The molecule has 0 aliphatic heterocycles. The summed E-state index contributed by atoms with van der Waals surface area (Å²) in [6.07, 6.45) is 1.47. The minimum Gasteiger partial charge on any atom is -0.341 e. The third kappa shape index (κ3) is 4.33. The number of rotatable bonds is 6. The number of carbonyl (C=O) groups is 1. The van der Waals surface area contributed by atoms with Crippen molar-refractivity contribution in [2.75, 3.05) is 13.6 Å². The van der Waals surface area contributed by atoms with Crippen LogP contribution in [0.4, 0.5) is 0 Å². The van der Waals surface area contributed by atoms with Gasteiger partial charge in [-0.15, -0.1) is 0 Å². The Hall–Kier alpha value is -0.870. The Labute approximate surface area is 101 Å². The zero-order chi connectivity index (χ0) is 12.0. The number of nitrogens with zero attached hydrogens (tertiary/aromatic N) is 1. The molecule has 4 heteroatoms. The summed E-state index contributed by atoms with van der Waals surface area (Å²) < 4.78 is 0. The molecule has 0 spiro atoms. The summed E-state index contributed by atoms with van der Waals surface area (Å²) in [5.74, 6) is 0.630. The second-order valence-electron chi connectivity index (χ2n) is 4.26. The fraction of sp³-hybridized carbons (Fsp3) is 0.583. The van der Waals surface area contributed by atoms with Crippen molar-refractivity contribution in [3.8, 4) is 0 Å². The van der Waals surface area contributed by atoms with E-state index in [1.807, 2.05) is 12.4 Å². The predicted octanol–water partition coefficient (Wildman–Crippen LogP) is 2.08. The van der Waals surface area contributed by atoms with Crippen molar-refractivity contribution >= 4 is 17.2 Å². The molecule has 1 atom stereocenters. The molecule has 2 N–H and O–H groups in total. The van der Waals surface area contributed by atoms with Crippen molar-refractivity contribution in [3.63, 3.8) is 0 Å². The van der Waals surface area contributed by atoms with Crippen molar-refractivity contribution in [1.29, 1.82) is 0 Å². The van der Waals surface area contributed by atoms with Gasteiger partial charge in [-0.25, -0.2) is 0 Å². The van der Waals surface area contributed by atoms with Gasteiger partial charge >= 0.3 is 0 Å². The Morgan fingerprint density at radius 1 is 1.62 bits per heavy atom. The Morgan fingerprint density at radius 3 is 2.94 bits per heavy atom. The minimum absolute atomic E-state index is 0.200. The molecule has 1 aromatic rings. The van der Waals surface area contributed by atoms with E-state index in [0.29, 0.717) is 25.4 Å². The van der Waals surface area contributed by atoms with Gasteiger partial charge in [0.05, 0.1) is 0 Å². The SMILES string of the molecule is CC(CN)CCC(=O)N(C)Cc1ccsc1. The largest absolute Gasteiger partial charge is 0.341 e. The molecular formula is C12H20N2OS. The molecule has 0 radical (unpaired) electrons. The van der Waals surface area contributed by atoms with Crippen LogP contribution in [0.25, 0.3) is 0 Å². The van der Waals surface area contributed by atoms with Gasteiger partial charge in [0.1, 0.15) is 0 Å².